The van der Waals surface area contributed by atoms with Gasteiger partial charge in [-0.15, -0.1) is 0 Å². The molecule has 1 aliphatic rings. The zero-order valence-electron chi connectivity index (χ0n) is 23.6. The minimum absolute atomic E-state index is 0.225. The largest absolute Gasteiger partial charge is 0.481 e. The molecule has 1 fully saturated rings. The fourth-order valence-electron chi connectivity index (χ4n) is 4.05. The molecule has 19 nitrogen and oxygen atoms in total. The number of carboxylic acids is 3. The summed E-state index contributed by atoms with van der Waals surface area (Å²) in [7, 11) is 0. The van der Waals surface area contributed by atoms with Gasteiger partial charge in [0.15, 0.2) is 0 Å². The van der Waals surface area contributed by atoms with Gasteiger partial charge in [-0.1, -0.05) is 13.8 Å². The summed E-state index contributed by atoms with van der Waals surface area (Å²) < 4.78 is 0. The van der Waals surface area contributed by atoms with E-state index in [1.807, 2.05) is 10.6 Å². The number of amides is 6. The predicted molar refractivity (Wildman–Crippen MR) is 143 cm³/mol. The lowest BCUT2D eigenvalue weighted by Gasteiger charge is -2.30. The van der Waals surface area contributed by atoms with Crippen molar-refractivity contribution in [2.45, 2.75) is 63.7 Å². The maximum absolute atomic E-state index is 13.1. The first-order valence-corrected chi connectivity index (χ1v) is 13.2. The molecule has 1 rings (SSSR count). The first kappa shape index (κ1) is 36.2. The van der Waals surface area contributed by atoms with Crippen LogP contribution in [0.1, 0.15) is 39.5 Å². The van der Waals surface area contributed by atoms with Crippen LogP contribution in [0.15, 0.2) is 0 Å². The average Bonchev–Trinajstić information content (AvgIpc) is 3.41. The normalized spacial score (nSPS) is 16.3. The number of carboxylic acid groups (broad SMARTS) is 3. The van der Waals surface area contributed by atoms with E-state index >= 15 is 0 Å². The summed E-state index contributed by atoms with van der Waals surface area (Å²) in [5.74, 6) is -9.89. The lowest BCUT2D eigenvalue weighted by atomic mass is 10.0. The molecule has 0 aliphatic carbocycles. The molecule has 6 amide bonds. The topological polar surface area (TPSA) is 304 Å². The molecule has 1 saturated heterocycles. The number of carbonyl (C=O) groups is 9. The Morgan fingerprint density at radius 2 is 1.33 bits per heavy atom. The molecule has 240 valence electrons. The second kappa shape index (κ2) is 17.2. The summed E-state index contributed by atoms with van der Waals surface area (Å²) in [6.45, 7) is 1.74. The first-order valence-electron chi connectivity index (χ1n) is 13.2. The molecule has 43 heavy (non-hydrogen) atoms. The molecule has 4 unspecified atom stereocenters. The summed E-state index contributed by atoms with van der Waals surface area (Å²) in [4.78, 5) is 109. The maximum atomic E-state index is 13.1. The van der Waals surface area contributed by atoms with Crippen molar-refractivity contribution in [3.05, 3.63) is 0 Å². The predicted octanol–water partition coefficient (Wildman–Crippen LogP) is -4.69. The highest BCUT2D eigenvalue weighted by Crippen LogP contribution is 2.20. The molecular formula is C24H37N7O12. The standard InChI is InChI=1S/C24H37N7O12/c1-11(2)20(30-15(32)8-25)23(41)31-5-3-4-14(31)22(40)27-10-16(33)28-12(6-18(35)36)21(39)26-9-17(34)29-13(24(42)43)7-19(37)38/h11-14,20H,3-10,25H2,1-2H3,(H,26,39)(H,27,40)(H,28,33)(H,29,34)(H,30,32)(H,35,36)(H,37,38)(H,42,43). The van der Waals surface area contributed by atoms with Crippen molar-refractivity contribution in [2.24, 2.45) is 11.7 Å². The van der Waals surface area contributed by atoms with Gasteiger partial charge >= 0.3 is 17.9 Å². The SMILES string of the molecule is CC(C)C(NC(=O)CN)C(=O)N1CCCC1C(=O)NCC(=O)NC(CC(=O)O)C(=O)NCC(=O)NC(CC(=O)O)C(=O)O. The number of likely N-dealkylation sites (tertiary alicyclic amines) is 1. The van der Waals surface area contributed by atoms with Gasteiger partial charge in [-0.25, -0.2) is 4.79 Å². The fraction of sp³-hybridized carbons (Fsp3) is 0.625. The van der Waals surface area contributed by atoms with E-state index in [-0.39, 0.29) is 25.4 Å². The van der Waals surface area contributed by atoms with Crippen LogP contribution in [0.5, 0.6) is 0 Å². The molecule has 0 aromatic rings. The Hall–Kier alpha value is -4.81. The highest BCUT2D eigenvalue weighted by molar-refractivity contribution is 5.96. The van der Waals surface area contributed by atoms with Gasteiger partial charge < -0.3 is 52.5 Å². The smallest absolute Gasteiger partial charge is 0.326 e. The lowest BCUT2D eigenvalue weighted by Crippen LogP contribution is -2.56. The highest BCUT2D eigenvalue weighted by Gasteiger charge is 2.38. The monoisotopic (exact) mass is 615 g/mol. The van der Waals surface area contributed by atoms with Crippen molar-refractivity contribution in [2.75, 3.05) is 26.2 Å². The summed E-state index contributed by atoms with van der Waals surface area (Å²) in [6.07, 6.45) is -1.10. The van der Waals surface area contributed by atoms with Gasteiger partial charge in [0.25, 0.3) is 0 Å². The summed E-state index contributed by atoms with van der Waals surface area (Å²) in [6, 6.07) is -5.38. The van der Waals surface area contributed by atoms with Crippen LogP contribution in [0, 0.1) is 5.92 Å². The average molecular weight is 616 g/mol. The van der Waals surface area contributed by atoms with Crippen molar-refractivity contribution in [1.29, 1.82) is 0 Å². The van der Waals surface area contributed by atoms with Gasteiger partial charge in [-0.05, 0) is 18.8 Å². The van der Waals surface area contributed by atoms with E-state index in [4.69, 9.17) is 21.1 Å². The van der Waals surface area contributed by atoms with Crippen molar-refractivity contribution in [1.82, 2.24) is 31.5 Å². The summed E-state index contributed by atoms with van der Waals surface area (Å²) >= 11 is 0. The van der Waals surface area contributed by atoms with E-state index in [1.54, 1.807) is 13.8 Å². The van der Waals surface area contributed by atoms with Crippen LogP contribution >= 0.6 is 0 Å². The molecule has 0 saturated carbocycles. The minimum Gasteiger partial charge on any atom is -0.481 e. The van der Waals surface area contributed by atoms with E-state index in [0.29, 0.717) is 6.42 Å². The molecule has 4 atom stereocenters. The zero-order chi connectivity index (χ0) is 32.9. The van der Waals surface area contributed by atoms with Crippen LogP contribution in [0.3, 0.4) is 0 Å². The number of hydrogen-bond acceptors (Lipinski definition) is 10. The molecule has 0 radical (unpaired) electrons. The van der Waals surface area contributed by atoms with E-state index < -0.39 is 103 Å². The molecule has 1 heterocycles. The van der Waals surface area contributed by atoms with Crippen LogP contribution in [-0.2, 0) is 43.2 Å². The third kappa shape index (κ3) is 12.3. The Bertz CT molecular complexity index is 1110. The van der Waals surface area contributed by atoms with Crippen molar-refractivity contribution in [3.63, 3.8) is 0 Å². The molecule has 0 spiro atoms. The molecule has 1 aliphatic heterocycles. The quantitative estimate of drug-likeness (QED) is 0.0744. The van der Waals surface area contributed by atoms with Gasteiger partial charge in [0.05, 0.1) is 32.5 Å². The second-order valence-corrected chi connectivity index (χ2v) is 9.89. The van der Waals surface area contributed by atoms with E-state index in [9.17, 15) is 43.2 Å². The lowest BCUT2D eigenvalue weighted by molar-refractivity contribution is -0.147. The number of nitrogens with two attached hydrogens (primary N) is 1. The Kier molecular flexibility index (Phi) is 14.5. The van der Waals surface area contributed by atoms with Gasteiger partial charge in [0.1, 0.15) is 24.2 Å². The van der Waals surface area contributed by atoms with E-state index in [2.05, 4.69) is 16.0 Å². The Morgan fingerprint density at radius 3 is 1.84 bits per heavy atom. The van der Waals surface area contributed by atoms with Crippen LogP contribution in [-0.4, -0.2) is 124 Å². The third-order valence-electron chi connectivity index (χ3n) is 6.16. The van der Waals surface area contributed by atoms with Crippen molar-refractivity contribution < 1.29 is 58.5 Å². The fourth-order valence-corrected chi connectivity index (χ4v) is 4.05. The molecule has 0 aromatic heterocycles. The number of hydrogen-bond donors (Lipinski definition) is 9. The van der Waals surface area contributed by atoms with Crippen molar-refractivity contribution in [3.8, 4) is 0 Å². The summed E-state index contributed by atoms with van der Waals surface area (Å²) in [5, 5.41) is 37.7. The number of nitrogens with one attached hydrogen (secondary N) is 5. The number of carbonyl (C=O) groups excluding carboxylic acids is 6. The third-order valence-corrected chi connectivity index (χ3v) is 6.16. The summed E-state index contributed by atoms with van der Waals surface area (Å²) in [5.41, 5.74) is 5.32. The molecule has 10 N–H and O–H groups in total. The molecule has 19 heteroatoms. The Labute approximate surface area is 245 Å². The number of aliphatic carboxylic acids is 3. The minimum atomic E-state index is -1.79. The van der Waals surface area contributed by atoms with E-state index in [0.717, 1.165) is 0 Å². The van der Waals surface area contributed by atoms with Gasteiger partial charge in [-0.2, -0.15) is 0 Å². The first-order chi connectivity index (χ1) is 20.1. The Morgan fingerprint density at radius 1 is 0.791 bits per heavy atom. The molecule has 0 aromatic carbocycles. The van der Waals surface area contributed by atoms with Gasteiger partial charge in [0, 0.05) is 6.54 Å². The van der Waals surface area contributed by atoms with Gasteiger partial charge in [-0.3, -0.25) is 38.4 Å². The molecular weight excluding hydrogens is 578 g/mol. The maximum Gasteiger partial charge on any atom is 0.326 e. The zero-order valence-corrected chi connectivity index (χ0v) is 23.6. The Balaban J connectivity index is 2.75. The second-order valence-electron chi connectivity index (χ2n) is 9.89. The van der Waals surface area contributed by atoms with Crippen LogP contribution in [0.2, 0.25) is 0 Å². The molecule has 0 bridgehead atoms. The van der Waals surface area contributed by atoms with Crippen LogP contribution in [0.4, 0.5) is 0 Å². The number of nitrogens with zero attached hydrogens (tertiary/aromatic N) is 1. The number of rotatable bonds is 17. The van der Waals surface area contributed by atoms with Crippen LogP contribution < -0.4 is 32.3 Å². The van der Waals surface area contributed by atoms with Gasteiger partial charge in [0.2, 0.25) is 35.4 Å². The highest BCUT2D eigenvalue weighted by atomic mass is 16.4. The van der Waals surface area contributed by atoms with Crippen LogP contribution in [0.25, 0.3) is 0 Å². The van der Waals surface area contributed by atoms with Crippen molar-refractivity contribution >= 4 is 53.4 Å². The van der Waals surface area contributed by atoms with E-state index in [1.165, 1.54) is 4.90 Å².